The van der Waals surface area contributed by atoms with E-state index in [1.807, 2.05) is 39.8 Å². The number of rotatable bonds is 2. The molecule has 0 bridgehead atoms. The minimum Gasteiger partial charge on any atom is -0.513 e. The molecule has 0 saturated carbocycles. The third-order valence-corrected chi connectivity index (χ3v) is 2.40. The largest absolute Gasteiger partial charge is 0.513 e. The molecule has 0 atom stereocenters. The fourth-order valence-electron chi connectivity index (χ4n) is 1.22. The molecular weight excluding hydrogens is 294 g/mol. The number of hydrogen-bond donors (Lipinski definition) is 1. The van der Waals surface area contributed by atoms with Crippen molar-refractivity contribution in [2.75, 3.05) is 20.6 Å². The summed E-state index contributed by atoms with van der Waals surface area (Å²) in [6.07, 6.45) is 6.97. The molecule has 0 aromatic carbocycles. The zero-order valence-corrected chi connectivity index (χ0v) is 19.6. The molecule has 0 aromatic heterocycles. The molecule has 0 fully saturated rings. The molecule has 2 heteroatoms. The van der Waals surface area contributed by atoms with E-state index in [2.05, 4.69) is 60.5 Å². The standard InChI is InChI=1S/C8H18.C4H11N.C4H8O.C4H8.C2H6/c1-7(2)6-8(3,4)5;1-4-5(2)3;1-3-4(2)5;1-3-4-2;1-2/h7H,6H2,1-5H3;4H2,1-3H3;3,5H,1-2H3;3-4H,1-2H3;1-2H3/b;;4-3+;4-3-;. The first-order chi connectivity index (χ1) is 10.9. The Hall–Kier alpha value is -0.760. The first-order valence-electron chi connectivity index (χ1n) is 9.41. The van der Waals surface area contributed by atoms with Gasteiger partial charge in [0.1, 0.15) is 0 Å². The summed E-state index contributed by atoms with van der Waals surface area (Å²) in [4.78, 5) is 2.12. The topological polar surface area (TPSA) is 23.5 Å². The lowest BCUT2D eigenvalue weighted by atomic mass is 9.86. The van der Waals surface area contributed by atoms with E-state index in [-0.39, 0.29) is 0 Å². The average Bonchev–Trinajstić information content (AvgIpc) is 2.48. The van der Waals surface area contributed by atoms with E-state index >= 15 is 0 Å². The molecule has 0 amide bonds. The van der Waals surface area contributed by atoms with E-state index in [1.54, 1.807) is 19.9 Å². The molecule has 0 spiro atoms. The van der Waals surface area contributed by atoms with Crippen LogP contribution in [-0.4, -0.2) is 30.6 Å². The van der Waals surface area contributed by atoms with Crippen LogP contribution in [0.4, 0.5) is 0 Å². The van der Waals surface area contributed by atoms with Crippen molar-refractivity contribution in [3.63, 3.8) is 0 Å². The molecule has 0 rings (SSSR count). The van der Waals surface area contributed by atoms with Gasteiger partial charge in [-0.3, -0.25) is 0 Å². The van der Waals surface area contributed by atoms with Gasteiger partial charge < -0.3 is 10.0 Å². The molecule has 1 N–H and O–H groups in total. The Morgan fingerprint density at radius 3 is 1.25 bits per heavy atom. The molecule has 0 aliphatic rings. The van der Waals surface area contributed by atoms with E-state index in [4.69, 9.17) is 5.11 Å². The molecule has 0 unspecified atom stereocenters. The summed E-state index contributed by atoms with van der Waals surface area (Å²) < 4.78 is 0. The van der Waals surface area contributed by atoms with Gasteiger partial charge in [-0.25, -0.2) is 0 Å². The molecule has 0 aliphatic heterocycles. The maximum atomic E-state index is 8.22. The number of aliphatic hydroxyl groups excluding tert-OH is 1. The van der Waals surface area contributed by atoms with Gasteiger partial charge >= 0.3 is 0 Å². The number of allylic oxidation sites excluding steroid dienone is 4. The Morgan fingerprint density at radius 1 is 1.00 bits per heavy atom. The summed E-state index contributed by atoms with van der Waals surface area (Å²) >= 11 is 0. The Morgan fingerprint density at radius 2 is 1.25 bits per heavy atom. The quantitative estimate of drug-likeness (QED) is 0.409. The van der Waals surface area contributed by atoms with Crippen molar-refractivity contribution in [2.24, 2.45) is 11.3 Å². The van der Waals surface area contributed by atoms with Crippen LogP contribution in [0.25, 0.3) is 0 Å². The summed E-state index contributed by atoms with van der Waals surface area (Å²) in [5, 5.41) is 8.22. The maximum absolute atomic E-state index is 8.22. The zero-order valence-electron chi connectivity index (χ0n) is 19.6. The molecule has 0 aliphatic carbocycles. The van der Waals surface area contributed by atoms with E-state index in [9.17, 15) is 0 Å². The Balaban J connectivity index is -0.0000000668. The molecule has 0 radical (unpaired) electrons. The number of aliphatic hydroxyl groups is 1. The summed E-state index contributed by atoms with van der Waals surface area (Å²) in [5.41, 5.74) is 0.522. The second-order valence-electron chi connectivity index (χ2n) is 7.15. The van der Waals surface area contributed by atoms with Crippen molar-refractivity contribution in [1.82, 2.24) is 4.90 Å². The van der Waals surface area contributed by atoms with Crippen molar-refractivity contribution < 1.29 is 5.11 Å². The zero-order chi connectivity index (χ0) is 20.8. The minimum absolute atomic E-state index is 0.380. The lowest BCUT2D eigenvalue weighted by Crippen LogP contribution is -2.08. The lowest BCUT2D eigenvalue weighted by Gasteiger charge is -2.19. The SMILES string of the molecule is C/C=C(\C)O.C/C=C\C.CC.CC(C)CC(C)(C)C.CCN(C)C. The molecular formula is C22H51NO. The molecule has 150 valence electrons. The highest BCUT2D eigenvalue weighted by molar-refractivity contribution is 4.80. The van der Waals surface area contributed by atoms with Crippen LogP contribution in [0.2, 0.25) is 0 Å². The second kappa shape index (κ2) is 27.1. The van der Waals surface area contributed by atoms with Gasteiger partial charge in [-0.05, 0) is 66.1 Å². The van der Waals surface area contributed by atoms with Gasteiger partial charge in [0.2, 0.25) is 0 Å². The highest BCUT2D eigenvalue weighted by Crippen LogP contribution is 2.23. The van der Waals surface area contributed by atoms with Crippen molar-refractivity contribution in [3.05, 3.63) is 24.0 Å². The van der Waals surface area contributed by atoms with Crippen LogP contribution in [0.15, 0.2) is 24.0 Å². The van der Waals surface area contributed by atoms with E-state index < -0.39 is 0 Å². The molecule has 0 aromatic rings. The maximum Gasteiger partial charge on any atom is 0.0849 e. The monoisotopic (exact) mass is 345 g/mol. The molecule has 2 nitrogen and oxygen atoms in total. The Bertz CT molecular complexity index is 237. The Labute approximate surface area is 156 Å². The van der Waals surface area contributed by atoms with Crippen molar-refractivity contribution in [2.45, 2.75) is 89.5 Å². The molecule has 24 heavy (non-hydrogen) atoms. The summed E-state index contributed by atoms with van der Waals surface area (Å²) in [7, 11) is 4.11. The predicted octanol–water partition coefficient (Wildman–Crippen LogP) is 7.72. The first-order valence-corrected chi connectivity index (χ1v) is 9.41. The van der Waals surface area contributed by atoms with Crippen LogP contribution in [0, 0.1) is 11.3 Å². The highest BCUT2D eigenvalue weighted by atomic mass is 16.3. The number of hydrogen-bond acceptors (Lipinski definition) is 2. The van der Waals surface area contributed by atoms with E-state index in [1.165, 1.54) is 6.42 Å². The number of nitrogens with zero attached hydrogens (tertiary/aromatic N) is 1. The van der Waals surface area contributed by atoms with Crippen LogP contribution in [0.3, 0.4) is 0 Å². The van der Waals surface area contributed by atoms with Gasteiger partial charge in [0.15, 0.2) is 0 Å². The lowest BCUT2D eigenvalue weighted by molar-refractivity contribution is 0.320. The second-order valence-corrected chi connectivity index (χ2v) is 7.15. The van der Waals surface area contributed by atoms with Crippen LogP contribution >= 0.6 is 0 Å². The average molecular weight is 346 g/mol. The van der Waals surface area contributed by atoms with Crippen LogP contribution in [0.1, 0.15) is 89.5 Å². The van der Waals surface area contributed by atoms with Crippen LogP contribution in [0.5, 0.6) is 0 Å². The van der Waals surface area contributed by atoms with E-state index in [0.717, 1.165) is 12.5 Å². The van der Waals surface area contributed by atoms with Gasteiger partial charge in [-0.1, -0.05) is 73.6 Å². The fourth-order valence-corrected chi connectivity index (χ4v) is 1.22. The summed E-state index contributed by atoms with van der Waals surface area (Å²) in [6.45, 7) is 26.1. The fraction of sp³-hybridized carbons (Fsp3) is 0.818. The van der Waals surface area contributed by atoms with Crippen molar-refractivity contribution in [1.29, 1.82) is 0 Å². The summed E-state index contributed by atoms with van der Waals surface area (Å²) in [5.74, 6) is 1.22. The first kappa shape index (κ1) is 34.6. The van der Waals surface area contributed by atoms with Gasteiger partial charge in [0, 0.05) is 0 Å². The normalized spacial score (nSPS) is 10.6. The van der Waals surface area contributed by atoms with Crippen molar-refractivity contribution in [3.8, 4) is 0 Å². The van der Waals surface area contributed by atoms with Crippen molar-refractivity contribution >= 4 is 0 Å². The predicted molar refractivity (Wildman–Crippen MR) is 117 cm³/mol. The highest BCUT2D eigenvalue weighted by Gasteiger charge is 2.11. The minimum atomic E-state index is 0.380. The Kier molecular flexibility index (Phi) is 39.0. The third-order valence-electron chi connectivity index (χ3n) is 2.40. The third kappa shape index (κ3) is 102. The van der Waals surface area contributed by atoms with Gasteiger partial charge in [-0.2, -0.15) is 0 Å². The van der Waals surface area contributed by atoms with Gasteiger partial charge in [0.05, 0.1) is 5.76 Å². The van der Waals surface area contributed by atoms with Gasteiger partial charge in [-0.15, -0.1) is 0 Å². The molecule has 0 saturated heterocycles. The van der Waals surface area contributed by atoms with Crippen LogP contribution < -0.4 is 0 Å². The van der Waals surface area contributed by atoms with E-state index in [0.29, 0.717) is 11.2 Å². The smallest absolute Gasteiger partial charge is 0.0849 e. The summed E-state index contributed by atoms with van der Waals surface area (Å²) in [6, 6.07) is 0. The van der Waals surface area contributed by atoms with Crippen LogP contribution in [-0.2, 0) is 0 Å². The molecule has 0 heterocycles. The van der Waals surface area contributed by atoms with Gasteiger partial charge in [0.25, 0.3) is 0 Å².